The predicted molar refractivity (Wildman–Crippen MR) is 161 cm³/mol. The molecule has 9 nitrogen and oxygen atoms in total. The van der Waals surface area contributed by atoms with Gasteiger partial charge < -0.3 is 30.0 Å². The van der Waals surface area contributed by atoms with Gasteiger partial charge in [0, 0.05) is 16.6 Å². The molecule has 10 heteroatoms. The van der Waals surface area contributed by atoms with Gasteiger partial charge in [0.15, 0.2) is 5.76 Å². The fourth-order valence-corrected chi connectivity index (χ4v) is 5.76. The minimum absolute atomic E-state index is 0.106. The first-order chi connectivity index (χ1) is 19.6. The van der Waals surface area contributed by atoms with E-state index in [2.05, 4.69) is 21.2 Å². The van der Waals surface area contributed by atoms with Crippen LogP contribution in [-0.2, 0) is 16.1 Å². The summed E-state index contributed by atoms with van der Waals surface area (Å²) in [6.45, 7) is 3.35. The molecule has 0 saturated carbocycles. The van der Waals surface area contributed by atoms with Crippen LogP contribution in [-0.4, -0.2) is 44.0 Å². The number of carbonyl (C=O) groups is 3. The lowest BCUT2D eigenvalue weighted by Crippen LogP contribution is -2.63. The number of benzene rings is 3. The van der Waals surface area contributed by atoms with Crippen LogP contribution in [0.25, 0.3) is 10.8 Å². The first-order valence-electron chi connectivity index (χ1n) is 13.1. The Morgan fingerprint density at radius 1 is 1.12 bits per heavy atom. The van der Waals surface area contributed by atoms with Crippen LogP contribution >= 0.6 is 15.9 Å². The van der Waals surface area contributed by atoms with Crippen LogP contribution in [0.5, 0.6) is 5.75 Å². The number of methoxy groups -OCH3 is 1. The van der Waals surface area contributed by atoms with Gasteiger partial charge in [-0.25, -0.2) is 0 Å². The summed E-state index contributed by atoms with van der Waals surface area (Å²) in [7, 11) is 3.16. The van der Waals surface area contributed by atoms with E-state index in [1.54, 1.807) is 63.2 Å². The Balaban J connectivity index is 1.72. The maximum atomic E-state index is 14.6. The number of rotatable bonds is 7. The number of aryl methyl sites for hydroxylation is 1. The molecule has 4 aromatic rings. The molecular weight excluding hydrogens is 588 g/mol. The van der Waals surface area contributed by atoms with E-state index in [4.69, 9.17) is 14.9 Å². The lowest BCUT2D eigenvalue weighted by Gasteiger charge is -2.36. The van der Waals surface area contributed by atoms with E-state index in [1.807, 2.05) is 36.4 Å². The molecule has 1 aliphatic rings. The Bertz CT molecular complexity index is 1670. The first-order valence-corrected chi connectivity index (χ1v) is 13.9. The van der Waals surface area contributed by atoms with Crippen molar-refractivity contribution in [2.45, 2.75) is 25.9 Å². The summed E-state index contributed by atoms with van der Waals surface area (Å²) in [5, 5.41) is 4.83. The van der Waals surface area contributed by atoms with E-state index < -0.39 is 23.3 Å². The number of para-hydroxylation sites is 2. The molecule has 0 fully saturated rings. The number of fused-ring (bicyclic) bond motifs is 2. The van der Waals surface area contributed by atoms with Crippen molar-refractivity contribution < 1.29 is 23.5 Å². The summed E-state index contributed by atoms with van der Waals surface area (Å²) in [6.07, 6.45) is 0. The molecule has 0 bridgehead atoms. The molecule has 41 heavy (non-hydrogen) atoms. The maximum absolute atomic E-state index is 14.6. The van der Waals surface area contributed by atoms with Crippen molar-refractivity contribution in [3.63, 3.8) is 0 Å². The fourth-order valence-electron chi connectivity index (χ4n) is 5.38. The monoisotopic (exact) mass is 618 g/mol. The molecule has 2 atom stereocenters. The van der Waals surface area contributed by atoms with Crippen LogP contribution in [0.4, 0.5) is 11.4 Å². The van der Waals surface area contributed by atoms with Crippen molar-refractivity contribution in [2.24, 2.45) is 11.7 Å². The van der Waals surface area contributed by atoms with Crippen LogP contribution < -0.4 is 25.6 Å². The predicted octanol–water partition coefficient (Wildman–Crippen LogP) is 4.79. The lowest BCUT2D eigenvalue weighted by atomic mass is 9.83. The Morgan fingerprint density at radius 3 is 2.49 bits per heavy atom. The van der Waals surface area contributed by atoms with Crippen LogP contribution in [0.2, 0.25) is 0 Å². The van der Waals surface area contributed by atoms with Crippen LogP contribution in [0.1, 0.15) is 28.8 Å². The number of primary amides is 1. The first kappa shape index (κ1) is 28.4. The molecule has 0 aliphatic carbocycles. The minimum Gasteiger partial charge on any atom is -0.496 e. The van der Waals surface area contributed by atoms with Gasteiger partial charge in [-0.2, -0.15) is 0 Å². The number of carbonyl (C=O) groups excluding carboxylic acids is 3. The van der Waals surface area contributed by atoms with Crippen molar-refractivity contribution in [1.29, 1.82) is 0 Å². The molecule has 1 aromatic heterocycles. The zero-order chi connectivity index (χ0) is 29.5. The normalized spacial score (nSPS) is 16.7. The number of anilines is 2. The second kappa shape index (κ2) is 11.0. The number of likely N-dealkylation sites (N-methyl/N-ethyl adjacent to an activating group) is 1. The zero-order valence-corrected chi connectivity index (χ0v) is 24.8. The third kappa shape index (κ3) is 4.98. The Hall–Kier alpha value is -4.15. The average molecular weight is 620 g/mol. The number of hydrogen-bond donors (Lipinski definition) is 2. The van der Waals surface area contributed by atoms with Gasteiger partial charge in [0.05, 0.1) is 30.9 Å². The molecule has 2 heterocycles. The number of nitrogens with two attached hydrogens (primary N) is 1. The molecule has 0 saturated heterocycles. The highest BCUT2D eigenvalue weighted by atomic mass is 79.9. The number of amides is 3. The zero-order valence-electron chi connectivity index (χ0n) is 23.2. The second-order valence-electron chi connectivity index (χ2n) is 10.2. The molecule has 0 radical (unpaired) electrons. The highest BCUT2D eigenvalue weighted by Gasteiger charge is 2.49. The molecule has 0 spiro atoms. The van der Waals surface area contributed by atoms with Gasteiger partial charge in [0.1, 0.15) is 17.0 Å². The van der Waals surface area contributed by atoms with Crippen molar-refractivity contribution >= 4 is 55.8 Å². The molecule has 1 unspecified atom stereocenters. The van der Waals surface area contributed by atoms with Crippen molar-refractivity contribution in [3.05, 3.63) is 88.3 Å². The van der Waals surface area contributed by atoms with Gasteiger partial charge in [0.25, 0.3) is 5.91 Å². The van der Waals surface area contributed by atoms with Crippen LogP contribution in [0.15, 0.2) is 75.6 Å². The van der Waals surface area contributed by atoms with Crippen molar-refractivity contribution in [2.75, 3.05) is 30.5 Å². The van der Waals surface area contributed by atoms with Crippen molar-refractivity contribution in [1.82, 2.24) is 5.32 Å². The number of nitrogens with one attached hydrogen (secondary N) is 1. The van der Waals surface area contributed by atoms with Gasteiger partial charge in [-0.3, -0.25) is 14.4 Å². The largest absolute Gasteiger partial charge is 0.496 e. The molecule has 3 aromatic carbocycles. The van der Waals surface area contributed by atoms with E-state index in [1.165, 1.54) is 4.90 Å². The van der Waals surface area contributed by atoms with Gasteiger partial charge >= 0.3 is 0 Å². The molecule has 5 rings (SSSR count). The summed E-state index contributed by atoms with van der Waals surface area (Å²) < 4.78 is 12.3. The molecular formula is C31H31BrN4O5. The van der Waals surface area contributed by atoms with E-state index in [-0.39, 0.29) is 24.8 Å². The molecule has 3 amide bonds. The molecule has 212 valence electrons. The average Bonchev–Trinajstić information content (AvgIpc) is 3.36. The summed E-state index contributed by atoms with van der Waals surface area (Å²) in [4.78, 5) is 44.4. The molecule has 1 aliphatic heterocycles. The van der Waals surface area contributed by atoms with Crippen LogP contribution in [0, 0.1) is 12.8 Å². The number of hydrogen-bond acceptors (Lipinski definition) is 6. The summed E-state index contributed by atoms with van der Waals surface area (Å²) in [6, 6.07) is 20.2. The van der Waals surface area contributed by atoms with E-state index in [0.29, 0.717) is 22.9 Å². The van der Waals surface area contributed by atoms with Crippen molar-refractivity contribution in [3.8, 4) is 5.75 Å². The fraction of sp³-hybridized carbons (Fsp3) is 0.258. The number of halogens is 1. The Labute approximate surface area is 246 Å². The second-order valence-corrected chi connectivity index (χ2v) is 11.1. The number of ether oxygens (including phenoxy) is 1. The van der Waals surface area contributed by atoms with Gasteiger partial charge in [-0.15, -0.1) is 0 Å². The molecule has 3 N–H and O–H groups in total. The van der Waals surface area contributed by atoms with Gasteiger partial charge in [0.2, 0.25) is 11.8 Å². The topological polar surface area (TPSA) is 118 Å². The summed E-state index contributed by atoms with van der Waals surface area (Å²) in [5.74, 6) is -1.22. The van der Waals surface area contributed by atoms with Crippen LogP contribution in [0.3, 0.4) is 0 Å². The van der Waals surface area contributed by atoms with Gasteiger partial charge in [-0.1, -0.05) is 40.2 Å². The van der Waals surface area contributed by atoms with Gasteiger partial charge in [-0.05, 0) is 74.1 Å². The highest BCUT2D eigenvalue weighted by molar-refractivity contribution is 9.10. The van der Waals surface area contributed by atoms with E-state index in [9.17, 15) is 14.4 Å². The Kier molecular flexibility index (Phi) is 7.63. The maximum Gasteiger partial charge on any atom is 0.294 e. The lowest BCUT2D eigenvalue weighted by molar-refractivity contribution is -0.133. The third-order valence-corrected chi connectivity index (χ3v) is 8.40. The number of furan rings is 1. The summed E-state index contributed by atoms with van der Waals surface area (Å²) >= 11 is 3.53. The minimum atomic E-state index is -1.47. The SMILES string of the molecule is CNC(C)(C(N)=O)[C@@H]1CN(C(=O)c2ccc(C)o2)c2ccccc2N(Cc2c(OC)ccc3cc(Br)ccc23)C1=O. The smallest absolute Gasteiger partial charge is 0.294 e. The van der Waals surface area contributed by atoms with E-state index >= 15 is 0 Å². The standard InChI is InChI=1S/C31H31BrN4O5/c1-18-9-13-27(41-18)29(38)36-17-23(31(2,34-3)30(33)39)28(37)35(24-7-5-6-8-25(24)36)16-22-21-12-11-20(32)15-19(21)10-14-26(22)40-4/h5-15,23,34H,16-17H2,1-4H3,(H2,33,39)/t23-,31?/m1/s1. The third-order valence-electron chi connectivity index (χ3n) is 7.90. The highest BCUT2D eigenvalue weighted by Crippen LogP contribution is 2.40. The quantitative estimate of drug-likeness (QED) is 0.308. The number of nitrogens with zero attached hydrogens (tertiary/aromatic N) is 2. The Morgan fingerprint density at radius 2 is 1.85 bits per heavy atom. The summed E-state index contributed by atoms with van der Waals surface area (Å²) in [5.41, 5.74) is 6.21. The van der Waals surface area contributed by atoms with E-state index in [0.717, 1.165) is 20.8 Å².